The van der Waals surface area contributed by atoms with Crippen LogP contribution in [0.2, 0.25) is 5.02 Å². The molecule has 5 rings (SSSR count). The van der Waals surface area contributed by atoms with Crippen LogP contribution in [-0.4, -0.2) is 15.3 Å². The molecule has 28 heavy (non-hydrogen) atoms. The summed E-state index contributed by atoms with van der Waals surface area (Å²) in [6.45, 7) is 1.64. The van der Waals surface area contributed by atoms with Crippen molar-refractivity contribution < 1.29 is 4.79 Å². The smallest absolute Gasteiger partial charge is 0.171 e. The summed E-state index contributed by atoms with van der Waals surface area (Å²) in [6, 6.07) is 12.0. The Morgan fingerprint density at radius 3 is 2.54 bits per heavy atom. The van der Waals surface area contributed by atoms with Gasteiger partial charge >= 0.3 is 0 Å². The molecule has 3 aromatic heterocycles. The van der Waals surface area contributed by atoms with Crippen LogP contribution < -0.4 is 0 Å². The second kappa shape index (κ2) is 6.87. The number of ketones is 1. The molecule has 0 unspecified atom stereocenters. The molecule has 0 saturated heterocycles. The van der Waals surface area contributed by atoms with Gasteiger partial charge in [-0.3, -0.25) is 4.79 Å². The molecule has 0 fully saturated rings. The second-order valence-corrected chi connectivity index (χ2v) is 8.67. The zero-order valence-electron chi connectivity index (χ0n) is 15.5. The largest absolute Gasteiger partial charge is 0.322 e. The van der Waals surface area contributed by atoms with E-state index in [1.807, 2.05) is 41.2 Å². The number of hydrogen-bond acceptors (Lipinski definition) is 3. The summed E-state index contributed by atoms with van der Waals surface area (Å²) in [6.07, 6.45) is 8.35. The number of fused-ring (bicyclic) bond motifs is 2. The normalized spacial score (nSPS) is 13.6. The second-order valence-electron chi connectivity index (χ2n) is 7.23. The fourth-order valence-electron chi connectivity index (χ4n) is 4.17. The summed E-state index contributed by atoms with van der Waals surface area (Å²) in [5.41, 5.74) is 5.80. The number of Topliss-reactive ketones (excluding diaryl/α,β-unsaturated/α-hetero) is 1. The summed E-state index contributed by atoms with van der Waals surface area (Å²) in [7, 11) is 0. The summed E-state index contributed by atoms with van der Waals surface area (Å²) < 4.78 is 2.05. The molecule has 0 aliphatic heterocycles. The number of hydrogen-bond donors (Lipinski definition) is 0. The van der Waals surface area contributed by atoms with Crippen molar-refractivity contribution in [2.45, 2.75) is 32.6 Å². The third-order valence-corrected chi connectivity index (χ3v) is 6.83. The lowest BCUT2D eigenvalue weighted by Crippen LogP contribution is -2.08. The Hall–Kier alpha value is -2.43. The third kappa shape index (κ3) is 2.79. The molecular formula is C23H19ClN2OS. The zero-order valence-corrected chi connectivity index (χ0v) is 17.1. The van der Waals surface area contributed by atoms with Gasteiger partial charge in [-0.15, -0.1) is 11.3 Å². The van der Waals surface area contributed by atoms with Crippen LogP contribution in [0.15, 0.2) is 48.8 Å². The highest BCUT2D eigenvalue weighted by atomic mass is 35.5. The highest BCUT2D eigenvalue weighted by molar-refractivity contribution is 7.21. The van der Waals surface area contributed by atoms with Gasteiger partial charge < -0.3 is 4.57 Å². The van der Waals surface area contributed by atoms with E-state index in [0.717, 1.165) is 44.2 Å². The van der Waals surface area contributed by atoms with Gasteiger partial charge in [0, 0.05) is 35.4 Å². The van der Waals surface area contributed by atoms with Crippen LogP contribution in [0.1, 0.15) is 40.7 Å². The minimum absolute atomic E-state index is 0.0757. The van der Waals surface area contributed by atoms with E-state index in [2.05, 4.69) is 12.1 Å². The van der Waals surface area contributed by atoms with Crippen LogP contribution in [0.4, 0.5) is 0 Å². The number of thiophene rings is 1. The maximum Gasteiger partial charge on any atom is 0.171 e. The van der Waals surface area contributed by atoms with Gasteiger partial charge in [-0.25, -0.2) is 4.98 Å². The van der Waals surface area contributed by atoms with E-state index < -0.39 is 0 Å². The average molecular weight is 407 g/mol. The van der Waals surface area contributed by atoms with Crippen LogP contribution in [0.3, 0.4) is 0 Å². The summed E-state index contributed by atoms with van der Waals surface area (Å²) in [5.74, 6) is 0.0757. The molecule has 0 spiro atoms. The first-order chi connectivity index (χ1) is 13.6. The molecular weight excluding hydrogens is 388 g/mol. The molecule has 3 nitrogen and oxygen atoms in total. The van der Waals surface area contributed by atoms with Gasteiger partial charge in [0.25, 0.3) is 0 Å². The van der Waals surface area contributed by atoms with E-state index in [-0.39, 0.29) is 5.78 Å². The van der Waals surface area contributed by atoms with E-state index >= 15 is 0 Å². The van der Waals surface area contributed by atoms with Crippen molar-refractivity contribution in [2.24, 2.45) is 0 Å². The quantitative estimate of drug-likeness (QED) is 0.364. The number of halogens is 1. The van der Waals surface area contributed by atoms with Gasteiger partial charge in [-0.2, -0.15) is 0 Å². The lowest BCUT2D eigenvalue weighted by atomic mass is 9.87. The molecule has 0 bridgehead atoms. The third-order valence-electron chi connectivity index (χ3n) is 5.41. The highest BCUT2D eigenvalue weighted by Crippen LogP contribution is 2.44. The maximum absolute atomic E-state index is 12.5. The Balaban J connectivity index is 1.94. The van der Waals surface area contributed by atoms with Crippen LogP contribution in [-0.2, 0) is 12.8 Å². The topological polar surface area (TPSA) is 34.9 Å². The lowest BCUT2D eigenvalue weighted by Gasteiger charge is -2.20. The Labute approximate surface area is 172 Å². The summed E-state index contributed by atoms with van der Waals surface area (Å²) in [5, 5.41) is 1.80. The number of pyridine rings is 1. The SMILES string of the molecule is CC(=O)c1sc2nc3c(c(-c4ccc(Cl)cc4)c2c1-n1cccc1)CCCC3. The number of aryl methyl sites for hydroxylation is 1. The maximum atomic E-state index is 12.5. The van der Waals surface area contributed by atoms with Crippen molar-refractivity contribution in [3.8, 4) is 16.8 Å². The summed E-state index contributed by atoms with van der Waals surface area (Å²) >= 11 is 7.67. The zero-order chi connectivity index (χ0) is 19.3. The molecule has 5 heteroatoms. The first-order valence-corrected chi connectivity index (χ1v) is 10.7. The van der Waals surface area contributed by atoms with Gasteiger partial charge in [-0.1, -0.05) is 23.7 Å². The highest BCUT2D eigenvalue weighted by Gasteiger charge is 2.26. The van der Waals surface area contributed by atoms with E-state index in [0.29, 0.717) is 0 Å². The molecule has 0 N–H and O–H groups in total. The fraction of sp³-hybridized carbons (Fsp3) is 0.217. The van der Waals surface area contributed by atoms with Crippen molar-refractivity contribution in [1.82, 2.24) is 9.55 Å². The number of rotatable bonds is 3. The predicted molar refractivity (Wildman–Crippen MR) is 116 cm³/mol. The molecule has 3 heterocycles. The van der Waals surface area contributed by atoms with E-state index in [1.54, 1.807) is 6.92 Å². The number of nitrogens with zero attached hydrogens (tertiary/aromatic N) is 2. The standard InChI is InChI=1S/C23H19ClN2OS/c1-14(27)22-21(26-12-4-5-13-26)20-19(15-8-10-16(24)11-9-15)17-6-2-3-7-18(17)25-23(20)28-22/h4-5,8-13H,2-3,6-7H2,1H3. The Morgan fingerprint density at radius 1 is 1.11 bits per heavy atom. The Bertz CT molecular complexity index is 1190. The molecule has 1 aromatic carbocycles. The van der Waals surface area contributed by atoms with Crippen LogP contribution in [0, 0.1) is 0 Å². The van der Waals surface area contributed by atoms with Gasteiger partial charge in [0.15, 0.2) is 5.78 Å². The predicted octanol–water partition coefficient (Wildman–Crippen LogP) is 6.49. The van der Waals surface area contributed by atoms with Crippen molar-refractivity contribution in [2.75, 3.05) is 0 Å². The monoisotopic (exact) mass is 406 g/mol. The first-order valence-electron chi connectivity index (χ1n) is 9.52. The molecule has 1 aliphatic rings. The van der Waals surface area contributed by atoms with Crippen LogP contribution in [0.5, 0.6) is 0 Å². The Morgan fingerprint density at radius 2 is 1.82 bits per heavy atom. The number of carbonyl (C=O) groups excluding carboxylic acids is 1. The Kier molecular flexibility index (Phi) is 4.33. The minimum Gasteiger partial charge on any atom is -0.322 e. The van der Waals surface area contributed by atoms with Crippen molar-refractivity contribution in [1.29, 1.82) is 0 Å². The minimum atomic E-state index is 0.0757. The van der Waals surface area contributed by atoms with Gasteiger partial charge in [0.1, 0.15) is 4.83 Å². The van der Waals surface area contributed by atoms with Gasteiger partial charge in [0.2, 0.25) is 0 Å². The molecule has 1 aliphatic carbocycles. The molecule has 0 atom stereocenters. The molecule has 0 amide bonds. The molecule has 4 aromatic rings. The van der Waals surface area contributed by atoms with E-state index in [9.17, 15) is 4.79 Å². The first kappa shape index (κ1) is 17.7. The number of aromatic nitrogens is 2. The van der Waals surface area contributed by atoms with Crippen LogP contribution >= 0.6 is 22.9 Å². The van der Waals surface area contributed by atoms with Gasteiger partial charge in [0.05, 0.1) is 10.6 Å². The van der Waals surface area contributed by atoms with Crippen molar-refractivity contribution >= 4 is 38.9 Å². The van der Waals surface area contributed by atoms with Crippen LogP contribution in [0.25, 0.3) is 27.0 Å². The number of benzene rings is 1. The van der Waals surface area contributed by atoms with E-state index in [4.69, 9.17) is 16.6 Å². The number of carbonyl (C=O) groups is 1. The van der Waals surface area contributed by atoms with Crippen molar-refractivity contribution in [3.05, 3.63) is 69.9 Å². The van der Waals surface area contributed by atoms with Gasteiger partial charge in [-0.05, 0) is 66.6 Å². The summed E-state index contributed by atoms with van der Waals surface area (Å²) in [4.78, 5) is 19.2. The molecule has 0 radical (unpaired) electrons. The van der Waals surface area contributed by atoms with Crippen molar-refractivity contribution in [3.63, 3.8) is 0 Å². The molecule has 140 valence electrons. The molecule has 0 saturated carbocycles. The lowest BCUT2D eigenvalue weighted by molar-refractivity contribution is 0.102. The fourth-order valence-corrected chi connectivity index (χ4v) is 5.40. The average Bonchev–Trinajstić information content (AvgIpc) is 3.34. The van der Waals surface area contributed by atoms with E-state index in [1.165, 1.54) is 41.0 Å².